The Labute approximate surface area is 215 Å². The number of aromatic nitrogens is 4. The normalized spacial score (nSPS) is 16.0. The van der Waals surface area contributed by atoms with Crippen molar-refractivity contribution >= 4 is 29.2 Å². The summed E-state index contributed by atoms with van der Waals surface area (Å²) in [6, 6.07) is -0.166. The van der Waals surface area contributed by atoms with E-state index in [2.05, 4.69) is 10.1 Å². The van der Waals surface area contributed by atoms with Gasteiger partial charge in [0.05, 0.1) is 13.5 Å². The number of amides is 1. The number of imidazole rings is 1. The number of anilines is 1. The molecule has 3 heterocycles. The number of hydrogen-bond donors (Lipinski definition) is 1. The van der Waals surface area contributed by atoms with Crippen LogP contribution in [0.25, 0.3) is 11.2 Å². The number of alkyl carbamates (subject to hydrolysis) is 1. The Morgan fingerprint density at radius 2 is 1.89 bits per heavy atom. The second-order valence-corrected chi connectivity index (χ2v) is 10.5. The van der Waals surface area contributed by atoms with Crippen LogP contribution in [0.3, 0.4) is 0 Å². The first-order valence-electron chi connectivity index (χ1n) is 12.5. The monoisotopic (exact) mass is 518 g/mol. The molecule has 0 aromatic carbocycles. The smallest absolute Gasteiger partial charge is 0.407 e. The number of allylic oxidation sites excluding steroid dienone is 2. The highest BCUT2D eigenvalue weighted by Crippen LogP contribution is 2.24. The molecule has 0 spiro atoms. The van der Waals surface area contributed by atoms with E-state index in [1.807, 2.05) is 45.6 Å². The number of carbonyl (C=O) groups excluding carboxylic acids is 2. The van der Waals surface area contributed by atoms with Crippen molar-refractivity contribution in [2.75, 3.05) is 25.1 Å². The van der Waals surface area contributed by atoms with Crippen LogP contribution in [0.5, 0.6) is 0 Å². The largest absolute Gasteiger partial charge is 0.469 e. The Morgan fingerprint density at radius 1 is 1.19 bits per heavy atom. The van der Waals surface area contributed by atoms with Crippen molar-refractivity contribution in [3.8, 4) is 0 Å². The molecule has 37 heavy (non-hydrogen) atoms. The van der Waals surface area contributed by atoms with E-state index in [0.717, 1.165) is 23.0 Å². The van der Waals surface area contributed by atoms with Gasteiger partial charge in [-0.2, -0.15) is 4.98 Å². The fraction of sp³-hybridized carbons (Fsp3) is 0.640. The number of carbonyl (C=O) groups is 2. The molecule has 204 valence electrons. The summed E-state index contributed by atoms with van der Waals surface area (Å²) in [4.78, 5) is 57.3. The van der Waals surface area contributed by atoms with Crippen molar-refractivity contribution in [3.63, 3.8) is 0 Å². The van der Waals surface area contributed by atoms with Crippen molar-refractivity contribution in [3.05, 3.63) is 32.5 Å². The van der Waals surface area contributed by atoms with Crippen LogP contribution >= 0.6 is 0 Å². The number of fused-ring (bicyclic) bond motifs is 1. The van der Waals surface area contributed by atoms with Gasteiger partial charge in [0.2, 0.25) is 5.95 Å². The average Bonchev–Trinajstić information content (AvgIpc) is 3.20. The molecule has 2 aromatic rings. The van der Waals surface area contributed by atoms with Crippen LogP contribution in [0.2, 0.25) is 0 Å². The lowest BCUT2D eigenvalue weighted by Gasteiger charge is -2.34. The SMILES string of the molecule is COC(=O)CCn1c(=O)c2c(nc(N3CCC[C@H](NC(=O)OC(C)(C)C)C3)n2CC=C(C)C)n(C)c1=O. The number of nitrogens with one attached hydrogen (secondary N) is 1. The van der Waals surface area contributed by atoms with Crippen LogP contribution in [0.15, 0.2) is 21.2 Å². The number of rotatable bonds is 7. The first-order valence-corrected chi connectivity index (χ1v) is 12.5. The van der Waals surface area contributed by atoms with E-state index < -0.39 is 28.9 Å². The molecule has 1 fully saturated rings. The van der Waals surface area contributed by atoms with Crippen LogP contribution in [0, 0.1) is 0 Å². The van der Waals surface area contributed by atoms with Gasteiger partial charge in [0.25, 0.3) is 5.56 Å². The van der Waals surface area contributed by atoms with E-state index in [1.165, 1.54) is 11.7 Å². The van der Waals surface area contributed by atoms with E-state index in [4.69, 9.17) is 9.72 Å². The summed E-state index contributed by atoms with van der Waals surface area (Å²) in [6.07, 6.45) is 2.98. The van der Waals surface area contributed by atoms with E-state index in [0.29, 0.717) is 25.6 Å². The zero-order valence-electron chi connectivity index (χ0n) is 22.8. The number of nitrogens with zero attached hydrogens (tertiary/aromatic N) is 5. The maximum absolute atomic E-state index is 13.5. The third-order valence-electron chi connectivity index (χ3n) is 6.09. The lowest BCUT2D eigenvalue weighted by Crippen LogP contribution is -2.49. The number of esters is 1. The van der Waals surface area contributed by atoms with Crippen LogP contribution in [-0.2, 0) is 34.4 Å². The number of aryl methyl sites for hydroxylation is 1. The Bertz CT molecular complexity index is 1310. The third kappa shape index (κ3) is 6.60. The Hall–Kier alpha value is -3.57. The summed E-state index contributed by atoms with van der Waals surface area (Å²) < 4.78 is 14.3. The molecule has 1 aliphatic heterocycles. The number of ether oxygens (including phenoxy) is 2. The zero-order chi connectivity index (χ0) is 27.5. The quantitative estimate of drug-likeness (QED) is 0.435. The molecule has 2 aromatic heterocycles. The van der Waals surface area contributed by atoms with Gasteiger partial charge in [-0.3, -0.25) is 18.7 Å². The lowest BCUT2D eigenvalue weighted by molar-refractivity contribution is -0.140. The summed E-state index contributed by atoms with van der Waals surface area (Å²) in [7, 11) is 2.82. The maximum atomic E-state index is 13.5. The fourth-order valence-electron chi connectivity index (χ4n) is 4.30. The molecule has 1 N–H and O–H groups in total. The average molecular weight is 519 g/mol. The maximum Gasteiger partial charge on any atom is 0.407 e. The van der Waals surface area contributed by atoms with Crippen LogP contribution in [0.1, 0.15) is 53.9 Å². The van der Waals surface area contributed by atoms with Crippen molar-refractivity contribution in [1.82, 2.24) is 24.0 Å². The molecule has 0 bridgehead atoms. The molecule has 0 saturated carbocycles. The van der Waals surface area contributed by atoms with Gasteiger partial charge in [-0.25, -0.2) is 9.59 Å². The van der Waals surface area contributed by atoms with Gasteiger partial charge in [-0.15, -0.1) is 0 Å². The van der Waals surface area contributed by atoms with E-state index in [1.54, 1.807) is 11.6 Å². The summed E-state index contributed by atoms with van der Waals surface area (Å²) in [5.74, 6) is 0.0330. The first-order chi connectivity index (χ1) is 17.3. The predicted octanol–water partition coefficient (Wildman–Crippen LogP) is 1.92. The highest BCUT2D eigenvalue weighted by atomic mass is 16.6. The number of piperidine rings is 1. The summed E-state index contributed by atoms with van der Waals surface area (Å²) in [6.45, 7) is 10.8. The molecule has 0 radical (unpaired) electrons. The molecular weight excluding hydrogens is 480 g/mol. The fourth-order valence-corrected chi connectivity index (χ4v) is 4.30. The molecule has 0 aliphatic carbocycles. The van der Waals surface area contributed by atoms with Gasteiger partial charge < -0.3 is 24.3 Å². The van der Waals surface area contributed by atoms with Crippen molar-refractivity contribution in [2.45, 2.75) is 78.6 Å². The molecule has 1 atom stereocenters. The van der Waals surface area contributed by atoms with Gasteiger partial charge >= 0.3 is 17.8 Å². The van der Waals surface area contributed by atoms with Crippen LogP contribution < -0.4 is 21.5 Å². The van der Waals surface area contributed by atoms with Gasteiger partial charge in [-0.1, -0.05) is 11.6 Å². The second-order valence-electron chi connectivity index (χ2n) is 10.5. The molecule has 0 unspecified atom stereocenters. The minimum absolute atomic E-state index is 0.0944. The van der Waals surface area contributed by atoms with Crippen molar-refractivity contribution in [2.24, 2.45) is 7.05 Å². The standard InChI is InChI=1S/C25H38N6O6/c1-16(2)10-13-30-19-20(28(6)24(35)31(21(19)33)14-11-18(32)36-7)27-22(30)29-12-8-9-17(15-29)26-23(34)37-25(3,4)5/h10,17H,8-9,11-15H2,1-7H3,(H,26,34)/t17-/m0/s1. The molecule has 3 rings (SSSR count). The minimum Gasteiger partial charge on any atom is -0.469 e. The van der Waals surface area contributed by atoms with Crippen LogP contribution in [0.4, 0.5) is 10.7 Å². The second kappa shape index (κ2) is 11.2. The van der Waals surface area contributed by atoms with E-state index in [9.17, 15) is 19.2 Å². The predicted molar refractivity (Wildman–Crippen MR) is 140 cm³/mol. The van der Waals surface area contributed by atoms with E-state index in [-0.39, 0.29) is 30.2 Å². The number of methoxy groups -OCH3 is 1. The molecule has 12 heteroatoms. The summed E-state index contributed by atoms with van der Waals surface area (Å²) in [5, 5.41) is 2.94. The zero-order valence-corrected chi connectivity index (χ0v) is 22.8. The molecular formula is C25H38N6O6. The molecule has 1 amide bonds. The highest BCUT2D eigenvalue weighted by Gasteiger charge is 2.29. The molecule has 12 nitrogen and oxygen atoms in total. The van der Waals surface area contributed by atoms with Gasteiger partial charge in [0.15, 0.2) is 11.2 Å². The molecule has 1 saturated heterocycles. The van der Waals surface area contributed by atoms with Gasteiger partial charge in [0.1, 0.15) is 5.60 Å². The van der Waals surface area contributed by atoms with Crippen LogP contribution in [-0.4, -0.2) is 62.6 Å². The lowest BCUT2D eigenvalue weighted by atomic mass is 10.1. The molecule has 1 aliphatic rings. The Balaban J connectivity index is 2.05. The topological polar surface area (TPSA) is 130 Å². The third-order valence-corrected chi connectivity index (χ3v) is 6.09. The number of hydrogen-bond acceptors (Lipinski definition) is 8. The minimum atomic E-state index is -0.602. The van der Waals surface area contributed by atoms with Gasteiger partial charge in [0, 0.05) is 39.3 Å². The highest BCUT2D eigenvalue weighted by molar-refractivity contribution is 5.75. The Kier molecular flexibility index (Phi) is 8.49. The van der Waals surface area contributed by atoms with Crippen molar-refractivity contribution in [1.29, 1.82) is 0 Å². The first kappa shape index (κ1) is 28.0. The van der Waals surface area contributed by atoms with E-state index >= 15 is 0 Å². The van der Waals surface area contributed by atoms with Crippen molar-refractivity contribution < 1.29 is 19.1 Å². The van der Waals surface area contributed by atoms with Gasteiger partial charge in [-0.05, 0) is 47.5 Å². The summed E-state index contributed by atoms with van der Waals surface area (Å²) in [5.41, 5.74) is -0.0570. The Morgan fingerprint density at radius 3 is 2.51 bits per heavy atom. The summed E-state index contributed by atoms with van der Waals surface area (Å²) >= 11 is 0.